The lowest BCUT2D eigenvalue weighted by atomic mass is 9.90. The van der Waals surface area contributed by atoms with E-state index in [4.69, 9.17) is 4.74 Å². The third kappa shape index (κ3) is 1.46. The number of methoxy groups -OCH3 is 1. The molecule has 0 unspecified atom stereocenters. The lowest BCUT2D eigenvalue weighted by Crippen LogP contribution is -2.04. The van der Waals surface area contributed by atoms with E-state index in [0.29, 0.717) is 5.69 Å². The third-order valence-corrected chi connectivity index (χ3v) is 3.31. The Morgan fingerprint density at radius 3 is 3.00 bits per heavy atom. The Morgan fingerprint density at radius 1 is 1.35 bits per heavy atom. The van der Waals surface area contributed by atoms with E-state index in [2.05, 4.69) is 11.1 Å². The Labute approximate surface area is 99.4 Å². The summed E-state index contributed by atoms with van der Waals surface area (Å²) in [7, 11) is 1.69. The quantitative estimate of drug-likeness (QED) is 0.801. The molecular weight excluding hydrogens is 214 g/mol. The van der Waals surface area contributed by atoms with Crippen molar-refractivity contribution in [2.75, 3.05) is 7.11 Å². The van der Waals surface area contributed by atoms with Gasteiger partial charge in [-0.15, -0.1) is 0 Å². The topological polar surface area (TPSA) is 42.1 Å². The van der Waals surface area contributed by atoms with Gasteiger partial charge in [0.1, 0.15) is 5.75 Å². The van der Waals surface area contributed by atoms with Crippen LogP contribution in [-0.2, 0) is 12.8 Å². The Hall–Kier alpha value is -2.03. The van der Waals surface area contributed by atoms with E-state index in [-0.39, 0.29) is 0 Å². The molecule has 0 bridgehead atoms. The molecule has 0 aliphatic heterocycles. The van der Waals surface area contributed by atoms with Gasteiger partial charge in [-0.3, -0.25) is 4.79 Å². The first-order valence-electron chi connectivity index (χ1n) is 5.67. The molecule has 17 heavy (non-hydrogen) atoms. The van der Waals surface area contributed by atoms with Crippen molar-refractivity contribution in [3.63, 3.8) is 0 Å². The van der Waals surface area contributed by atoms with E-state index in [1.54, 1.807) is 7.11 Å². The number of aromatic amines is 1. The highest BCUT2D eigenvalue weighted by Crippen LogP contribution is 2.37. The number of fused-ring (bicyclic) bond motifs is 3. The van der Waals surface area contributed by atoms with Crippen molar-refractivity contribution < 1.29 is 9.53 Å². The third-order valence-electron chi connectivity index (χ3n) is 3.31. The number of aldehydes is 1. The van der Waals surface area contributed by atoms with Gasteiger partial charge in [-0.25, -0.2) is 0 Å². The van der Waals surface area contributed by atoms with E-state index in [1.807, 2.05) is 18.2 Å². The second-order valence-electron chi connectivity index (χ2n) is 4.23. The van der Waals surface area contributed by atoms with Gasteiger partial charge in [0.05, 0.1) is 12.8 Å². The zero-order chi connectivity index (χ0) is 11.8. The van der Waals surface area contributed by atoms with Crippen molar-refractivity contribution in [3.05, 3.63) is 41.1 Å². The smallest absolute Gasteiger partial charge is 0.166 e. The molecule has 0 amide bonds. The van der Waals surface area contributed by atoms with E-state index < -0.39 is 0 Å². The standard InChI is InChI=1S/C14H13NO2/c1-17-13-4-2-3-12-11(13)6-5-9-7-10(8-16)15-14(9)12/h2-4,7-8,15H,5-6H2,1H3. The number of rotatable bonds is 2. The van der Waals surface area contributed by atoms with Crippen LogP contribution in [0.1, 0.15) is 21.6 Å². The second kappa shape index (κ2) is 3.77. The zero-order valence-electron chi connectivity index (χ0n) is 9.62. The molecule has 3 nitrogen and oxygen atoms in total. The van der Waals surface area contributed by atoms with Crippen LogP contribution in [0.5, 0.6) is 5.75 Å². The van der Waals surface area contributed by atoms with Crippen LogP contribution in [0.4, 0.5) is 0 Å². The largest absolute Gasteiger partial charge is 0.496 e. The second-order valence-corrected chi connectivity index (χ2v) is 4.23. The summed E-state index contributed by atoms with van der Waals surface area (Å²) in [6.07, 6.45) is 2.77. The van der Waals surface area contributed by atoms with Crippen molar-refractivity contribution in [1.82, 2.24) is 4.98 Å². The molecule has 86 valence electrons. The molecule has 0 radical (unpaired) electrons. The molecule has 3 rings (SSSR count). The summed E-state index contributed by atoms with van der Waals surface area (Å²) in [5.74, 6) is 0.926. The number of hydrogen-bond acceptors (Lipinski definition) is 2. The predicted molar refractivity (Wildman–Crippen MR) is 65.6 cm³/mol. The number of carbonyl (C=O) groups is 1. The lowest BCUT2D eigenvalue weighted by molar-refractivity contribution is 0.111. The van der Waals surface area contributed by atoms with E-state index in [9.17, 15) is 4.79 Å². The predicted octanol–water partition coefficient (Wildman–Crippen LogP) is 2.60. The van der Waals surface area contributed by atoms with Crippen LogP contribution >= 0.6 is 0 Å². The van der Waals surface area contributed by atoms with Crippen LogP contribution in [-0.4, -0.2) is 18.4 Å². The van der Waals surface area contributed by atoms with Gasteiger partial charge in [-0.05, 0) is 30.5 Å². The number of ether oxygens (including phenoxy) is 1. The van der Waals surface area contributed by atoms with Gasteiger partial charge < -0.3 is 9.72 Å². The molecular formula is C14H13NO2. The van der Waals surface area contributed by atoms with Gasteiger partial charge in [-0.2, -0.15) is 0 Å². The average Bonchev–Trinajstić information content (AvgIpc) is 2.81. The normalized spacial score (nSPS) is 12.8. The van der Waals surface area contributed by atoms with Crippen LogP contribution in [0.25, 0.3) is 11.3 Å². The van der Waals surface area contributed by atoms with E-state index >= 15 is 0 Å². The molecule has 0 spiro atoms. The highest BCUT2D eigenvalue weighted by molar-refractivity contribution is 5.80. The number of hydrogen-bond donors (Lipinski definition) is 1. The zero-order valence-corrected chi connectivity index (χ0v) is 9.62. The first-order chi connectivity index (χ1) is 8.33. The lowest BCUT2D eigenvalue weighted by Gasteiger charge is -2.18. The van der Waals surface area contributed by atoms with E-state index in [0.717, 1.165) is 36.1 Å². The monoisotopic (exact) mass is 227 g/mol. The molecule has 1 aliphatic carbocycles. The highest BCUT2D eigenvalue weighted by atomic mass is 16.5. The molecule has 1 aliphatic rings. The number of aryl methyl sites for hydroxylation is 1. The molecule has 3 heteroatoms. The van der Waals surface area contributed by atoms with Crippen LogP contribution < -0.4 is 4.74 Å². The van der Waals surface area contributed by atoms with Crippen molar-refractivity contribution >= 4 is 6.29 Å². The highest BCUT2D eigenvalue weighted by Gasteiger charge is 2.21. The van der Waals surface area contributed by atoms with Crippen molar-refractivity contribution in [2.24, 2.45) is 0 Å². The minimum Gasteiger partial charge on any atom is -0.496 e. The fraction of sp³-hybridized carbons (Fsp3) is 0.214. The Kier molecular flexibility index (Phi) is 2.25. The number of benzene rings is 1. The maximum atomic E-state index is 10.8. The summed E-state index contributed by atoms with van der Waals surface area (Å²) < 4.78 is 5.38. The molecule has 0 atom stereocenters. The minimum absolute atomic E-state index is 0.644. The average molecular weight is 227 g/mol. The molecule has 2 aromatic rings. The molecule has 1 N–H and O–H groups in total. The van der Waals surface area contributed by atoms with Crippen molar-refractivity contribution in [1.29, 1.82) is 0 Å². The molecule has 1 aromatic carbocycles. The summed E-state index contributed by atoms with van der Waals surface area (Å²) >= 11 is 0. The van der Waals surface area contributed by atoms with Gasteiger partial charge in [0.25, 0.3) is 0 Å². The number of nitrogens with one attached hydrogen (secondary N) is 1. The van der Waals surface area contributed by atoms with Crippen LogP contribution in [0, 0.1) is 0 Å². The molecule has 0 saturated carbocycles. The van der Waals surface area contributed by atoms with Gasteiger partial charge >= 0.3 is 0 Å². The van der Waals surface area contributed by atoms with Crippen molar-refractivity contribution in [3.8, 4) is 17.0 Å². The SMILES string of the molecule is COc1cccc2c1CCc1cc(C=O)[nH]c1-2. The fourth-order valence-corrected chi connectivity index (χ4v) is 2.53. The van der Waals surface area contributed by atoms with Crippen LogP contribution in [0.15, 0.2) is 24.3 Å². The van der Waals surface area contributed by atoms with Gasteiger partial charge in [-0.1, -0.05) is 12.1 Å². The Morgan fingerprint density at radius 2 is 2.24 bits per heavy atom. The number of H-pyrrole nitrogens is 1. The number of carbonyl (C=O) groups excluding carboxylic acids is 1. The van der Waals surface area contributed by atoms with Gasteiger partial charge in [0.15, 0.2) is 6.29 Å². The summed E-state index contributed by atoms with van der Waals surface area (Å²) in [5, 5.41) is 0. The summed E-state index contributed by atoms with van der Waals surface area (Å²) in [6, 6.07) is 7.97. The van der Waals surface area contributed by atoms with Crippen LogP contribution in [0.3, 0.4) is 0 Å². The Bertz CT molecular complexity index is 584. The molecule has 0 saturated heterocycles. The minimum atomic E-state index is 0.644. The molecule has 1 heterocycles. The molecule has 1 aromatic heterocycles. The van der Waals surface area contributed by atoms with Crippen LogP contribution in [0.2, 0.25) is 0 Å². The summed E-state index contributed by atoms with van der Waals surface area (Å²) in [5.41, 5.74) is 5.30. The summed E-state index contributed by atoms with van der Waals surface area (Å²) in [4.78, 5) is 14.0. The first-order valence-corrected chi connectivity index (χ1v) is 5.67. The maximum Gasteiger partial charge on any atom is 0.166 e. The maximum absolute atomic E-state index is 10.8. The first kappa shape index (κ1) is 10.1. The fourth-order valence-electron chi connectivity index (χ4n) is 2.53. The number of aromatic nitrogens is 1. The van der Waals surface area contributed by atoms with Gasteiger partial charge in [0.2, 0.25) is 0 Å². The van der Waals surface area contributed by atoms with E-state index in [1.165, 1.54) is 11.1 Å². The Balaban J connectivity index is 2.22. The van der Waals surface area contributed by atoms with Gasteiger partial charge in [0, 0.05) is 16.8 Å². The van der Waals surface area contributed by atoms with Crippen molar-refractivity contribution in [2.45, 2.75) is 12.8 Å². The summed E-state index contributed by atoms with van der Waals surface area (Å²) in [6.45, 7) is 0. The molecule has 0 fully saturated rings.